The molecule has 0 bridgehead atoms. The van der Waals surface area contributed by atoms with Gasteiger partial charge in [0.15, 0.2) is 0 Å². The van der Waals surface area contributed by atoms with E-state index in [4.69, 9.17) is 11.6 Å². The van der Waals surface area contributed by atoms with Crippen molar-refractivity contribution in [2.75, 3.05) is 6.54 Å². The number of ether oxygens (including phenoxy) is 1. The van der Waals surface area contributed by atoms with Gasteiger partial charge in [0.1, 0.15) is 5.75 Å². The molecular formula is C12H11ClF3NO2. The molecule has 1 aromatic rings. The van der Waals surface area contributed by atoms with Crippen molar-refractivity contribution < 1.29 is 22.7 Å². The number of hydrogen-bond donors (Lipinski definition) is 1. The lowest BCUT2D eigenvalue weighted by Gasteiger charge is -2.23. The summed E-state index contributed by atoms with van der Waals surface area (Å²) in [6, 6.07) is 4.22. The van der Waals surface area contributed by atoms with Crippen LogP contribution in [0.3, 0.4) is 0 Å². The molecule has 3 nitrogen and oxygen atoms in total. The number of hydrogen-bond acceptors (Lipinski definition) is 2. The van der Waals surface area contributed by atoms with Crippen LogP contribution in [0, 0.1) is 0 Å². The van der Waals surface area contributed by atoms with Crippen LogP contribution < -0.4 is 10.1 Å². The number of rotatable bonds is 2. The number of alkyl halides is 3. The number of nitrogens with one attached hydrogen (secondary N) is 1. The van der Waals surface area contributed by atoms with Gasteiger partial charge in [0.25, 0.3) is 0 Å². The average Bonchev–Trinajstić information content (AvgIpc) is 2.30. The second-order valence-corrected chi connectivity index (χ2v) is 4.68. The molecule has 1 atom stereocenters. The maximum Gasteiger partial charge on any atom is 0.573 e. The monoisotopic (exact) mass is 293 g/mol. The Kier molecular flexibility index (Phi) is 3.89. The Bertz CT molecular complexity index is 490. The lowest BCUT2D eigenvalue weighted by Crippen LogP contribution is -2.32. The van der Waals surface area contributed by atoms with Crippen LogP contribution in [0.15, 0.2) is 18.2 Å². The Balaban J connectivity index is 2.22. The summed E-state index contributed by atoms with van der Waals surface area (Å²) in [5.74, 6) is -0.649. The summed E-state index contributed by atoms with van der Waals surface area (Å²) in [7, 11) is 0. The molecule has 1 aliphatic rings. The van der Waals surface area contributed by atoms with E-state index in [1.54, 1.807) is 6.07 Å². The SMILES string of the molecule is O=C1C[C@H](c2ccc(Cl)c(OC(F)(F)F)c2)CCN1. The highest BCUT2D eigenvalue weighted by molar-refractivity contribution is 6.32. The predicted molar refractivity (Wildman–Crippen MR) is 63.1 cm³/mol. The van der Waals surface area contributed by atoms with E-state index in [1.165, 1.54) is 12.1 Å². The Morgan fingerprint density at radius 2 is 2.11 bits per heavy atom. The lowest BCUT2D eigenvalue weighted by molar-refractivity contribution is -0.274. The third kappa shape index (κ3) is 3.76. The van der Waals surface area contributed by atoms with Crippen molar-refractivity contribution in [3.05, 3.63) is 28.8 Å². The average molecular weight is 294 g/mol. The van der Waals surface area contributed by atoms with Crippen molar-refractivity contribution in [3.8, 4) is 5.75 Å². The molecule has 1 amide bonds. The van der Waals surface area contributed by atoms with Crippen LogP contribution in [-0.2, 0) is 4.79 Å². The van der Waals surface area contributed by atoms with Crippen LogP contribution in [-0.4, -0.2) is 18.8 Å². The smallest absolute Gasteiger partial charge is 0.404 e. The van der Waals surface area contributed by atoms with Crippen molar-refractivity contribution >= 4 is 17.5 Å². The number of halogens is 4. The molecule has 1 aromatic carbocycles. The second kappa shape index (κ2) is 5.28. The molecule has 19 heavy (non-hydrogen) atoms. The lowest BCUT2D eigenvalue weighted by atomic mass is 9.90. The van der Waals surface area contributed by atoms with Crippen molar-refractivity contribution in [2.45, 2.75) is 25.1 Å². The maximum atomic E-state index is 12.2. The van der Waals surface area contributed by atoms with E-state index in [9.17, 15) is 18.0 Å². The molecule has 0 spiro atoms. The van der Waals surface area contributed by atoms with Crippen LogP contribution in [0.4, 0.5) is 13.2 Å². The Labute approximate surface area is 112 Å². The van der Waals surface area contributed by atoms with Gasteiger partial charge in [-0.05, 0) is 30.0 Å². The van der Waals surface area contributed by atoms with E-state index in [1.807, 2.05) is 0 Å². The first kappa shape index (κ1) is 14.0. The second-order valence-electron chi connectivity index (χ2n) is 4.28. The van der Waals surface area contributed by atoms with E-state index < -0.39 is 12.1 Å². The van der Waals surface area contributed by atoms with Gasteiger partial charge in [-0.1, -0.05) is 17.7 Å². The molecule has 1 heterocycles. The standard InChI is InChI=1S/C12H11ClF3NO2/c13-9-2-1-7(5-10(9)19-12(14,15)16)8-3-4-17-11(18)6-8/h1-2,5,8H,3-4,6H2,(H,17,18)/t8-/m1/s1. The number of amides is 1. The first-order chi connectivity index (χ1) is 8.85. The van der Waals surface area contributed by atoms with Crippen molar-refractivity contribution in [1.82, 2.24) is 5.32 Å². The van der Waals surface area contributed by atoms with Gasteiger partial charge in [-0.15, -0.1) is 13.2 Å². The van der Waals surface area contributed by atoms with E-state index in [0.29, 0.717) is 18.5 Å². The largest absolute Gasteiger partial charge is 0.573 e. The highest BCUT2D eigenvalue weighted by Crippen LogP contribution is 2.35. The van der Waals surface area contributed by atoms with Gasteiger partial charge in [-0.3, -0.25) is 4.79 Å². The molecule has 0 radical (unpaired) electrons. The third-order valence-electron chi connectivity index (χ3n) is 2.90. The molecule has 1 fully saturated rings. The number of carbonyl (C=O) groups excluding carboxylic acids is 1. The van der Waals surface area contributed by atoms with E-state index in [-0.39, 0.29) is 23.3 Å². The van der Waals surface area contributed by atoms with Gasteiger partial charge in [-0.2, -0.15) is 0 Å². The zero-order chi connectivity index (χ0) is 14.0. The molecular weight excluding hydrogens is 283 g/mol. The quantitative estimate of drug-likeness (QED) is 0.909. The van der Waals surface area contributed by atoms with Crippen LogP contribution in [0.1, 0.15) is 24.3 Å². The topological polar surface area (TPSA) is 38.3 Å². The third-order valence-corrected chi connectivity index (χ3v) is 3.21. The summed E-state index contributed by atoms with van der Waals surface area (Å²) in [4.78, 5) is 11.3. The van der Waals surface area contributed by atoms with E-state index in [0.717, 1.165) is 0 Å². The minimum Gasteiger partial charge on any atom is -0.404 e. The minimum absolute atomic E-state index is 0.107. The Hall–Kier alpha value is -1.43. The van der Waals surface area contributed by atoms with E-state index >= 15 is 0 Å². The van der Waals surface area contributed by atoms with E-state index in [2.05, 4.69) is 10.1 Å². The highest BCUT2D eigenvalue weighted by Gasteiger charge is 2.32. The fraction of sp³-hybridized carbons (Fsp3) is 0.417. The Morgan fingerprint density at radius 1 is 1.37 bits per heavy atom. The van der Waals surface area contributed by atoms with Crippen molar-refractivity contribution in [3.63, 3.8) is 0 Å². The first-order valence-corrected chi connectivity index (χ1v) is 6.05. The number of carbonyl (C=O) groups is 1. The molecule has 1 N–H and O–H groups in total. The molecule has 2 rings (SSSR count). The van der Waals surface area contributed by atoms with Crippen LogP contribution in [0.2, 0.25) is 5.02 Å². The summed E-state index contributed by atoms with van der Waals surface area (Å²) in [6.07, 6.45) is -3.85. The zero-order valence-corrected chi connectivity index (χ0v) is 10.5. The fourth-order valence-electron chi connectivity index (χ4n) is 2.05. The molecule has 1 aliphatic heterocycles. The molecule has 0 aliphatic carbocycles. The van der Waals surface area contributed by atoms with Gasteiger partial charge in [-0.25, -0.2) is 0 Å². The van der Waals surface area contributed by atoms with Gasteiger partial charge in [0.05, 0.1) is 5.02 Å². The molecule has 0 aromatic heterocycles. The zero-order valence-electron chi connectivity index (χ0n) is 9.76. The Morgan fingerprint density at radius 3 is 2.74 bits per heavy atom. The molecule has 104 valence electrons. The number of piperidine rings is 1. The molecule has 1 saturated heterocycles. The fourth-order valence-corrected chi connectivity index (χ4v) is 2.20. The minimum atomic E-state index is -4.79. The van der Waals surface area contributed by atoms with Gasteiger partial charge in [0, 0.05) is 13.0 Å². The van der Waals surface area contributed by atoms with Gasteiger partial charge in [0.2, 0.25) is 5.91 Å². The molecule has 0 unspecified atom stereocenters. The normalized spacial score (nSPS) is 20.0. The van der Waals surface area contributed by atoms with Crippen molar-refractivity contribution in [1.29, 1.82) is 0 Å². The summed E-state index contributed by atoms with van der Waals surface area (Å²) < 4.78 is 40.5. The van der Waals surface area contributed by atoms with Crippen LogP contribution in [0.5, 0.6) is 5.75 Å². The van der Waals surface area contributed by atoms with Gasteiger partial charge >= 0.3 is 6.36 Å². The highest BCUT2D eigenvalue weighted by atomic mass is 35.5. The summed E-state index contributed by atoms with van der Waals surface area (Å²) in [6.45, 7) is 0.515. The first-order valence-electron chi connectivity index (χ1n) is 5.67. The van der Waals surface area contributed by atoms with Crippen LogP contribution >= 0.6 is 11.6 Å². The molecule has 0 saturated carbocycles. The van der Waals surface area contributed by atoms with Gasteiger partial charge < -0.3 is 10.1 Å². The number of benzene rings is 1. The van der Waals surface area contributed by atoms with Crippen LogP contribution in [0.25, 0.3) is 0 Å². The van der Waals surface area contributed by atoms with Crippen molar-refractivity contribution in [2.24, 2.45) is 0 Å². The summed E-state index contributed by atoms with van der Waals surface area (Å²) in [5, 5.41) is 2.56. The maximum absolute atomic E-state index is 12.2. The predicted octanol–water partition coefficient (Wildman–Crippen LogP) is 3.23. The summed E-state index contributed by atoms with van der Waals surface area (Å²) in [5.41, 5.74) is 0.624. The summed E-state index contributed by atoms with van der Waals surface area (Å²) >= 11 is 5.67. The molecule has 7 heteroatoms.